The highest BCUT2D eigenvalue weighted by molar-refractivity contribution is 7.16. The second-order valence-electron chi connectivity index (χ2n) is 11.7. The van der Waals surface area contributed by atoms with Crippen molar-refractivity contribution in [3.63, 3.8) is 0 Å². The second-order valence-corrected chi connectivity index (χ2v) is 12.7. The van der Waals surface area contributed by atoms with Gasteiger partial charge in [0.1, 0.15) is 5.60 Å². The van der Waals surface area contributed by atoms with Crippen molar-refractivity contribution in [2.75, 3.05) is 38.1 Å². The standard InChI is InChI=1S/C27H37N3OS/c1-5-27(31)13-9-20-18-6-7-21-23-22(28-24(32-23)30-16-14-29(4)15-17-30)10-11-25(21,2)19(18)8-12-26(20,27)3/h1,7,18-20,31H,6,8-17H2,2-4H3/t18-,19+,20+,25-,26+,27+/m1/s1. The zero-order chi connectivity index (χ0) is 22.3. The molecule has 4 aliphatic carbocycles. The van der Waals surface area contributed by atoms with Crippen molar-refractivity contribution in [2.45, 2.75) is 64.4 Å². The highest BCUT2D eigenvalue weighted by atomic mass is 32.1. The Morgan fingerprint density at radius 1 is 1.12 bits per heavy atom. The van der Waals surface area contributed by atoms with E-state index in [1.807, 2.05) is 11.3 Å². The summed E-state index contributed by atoms with van der Waals surface area (Å²) < 4.78 is 0. The van der Waals surface area contributed by atoms with Crippen molar-refractivity contribution in [1.29, 1.82) is 0 Å². The summed E-state index contributed by atoms with van der Waals surface area (Å²) in [5.74, 6) is 4.71. The molecule has 172 valence electrons. The number of thiazole rings is 1. The van der Waals surface area contributed by atoms with Crippen LogP contribution in [0.15, 0.2) is 6.08 Å². The summed E-state index contributed by atoms with van der Waals surface area (Å²) in [5.41, 5.74) is 2.13. The van der Waals surface area contributed by atoms with E-state index in [1.165, 1.54) is 28.5 Å². The van der Waals surface area contributed by atoms with Crippen molar-refractivity contribution in [3.05, 3.63) is 16.6 Å². The summed E-state index contributed by atoms with van der Waals surface area (Å²) >= 11 is 1.95. The minimum absolute atomic E-state index is 0.122. The number of hydrogen-bond acceptors (Lipinski definition) is 5. The Morgan fingerprint density at radius 3 is 2.62 bits per heavy atom. The van der Waals surface area contributed by atoms with Crippen molar-refractivity contribution in [2.24, 2.45) is 28.6 Å². The monoisotopic (exact) mass is 451 g/mol. The molecule has 0 amide bonds. The van der Waals surface area contributed by atoms with Gasteiger partial charge < -0.3 is 14.9 Å². The number of terminal acetylenes is 1. The Bertz CT molecular complexity index is 1000. The molecule has 0 aromatic carbocycles. The van der Waals surface area contributed by atoms with E-state index in [4.69, 9.17) is 11.4 Å². The van der Waals surface area contributed by atoms with Gasteiger partial charge in [-0.2, -0.15) is 0 Å². The van der Waals surface area contributed by atoms with Crippen LogP contribution in [0.2, 0.25) is 0 Å². The van der Waals surface area contributed by atoms with Crippen LogP contribution >= 0.6 is 11.3 Å². The molecule has 2 saturated carbocycles. The number of fused-ring (bicyclic) bond motifs is 7. The number of rotatable bonds is 1. The molecule has 1 N–H and O–H groups in total. The van der Waals surface area contributed by atoms with Crippen LogP contribution in [-0.4, -0.2) is 53.8 Å². The molecule has 0 unspecified atom stereocenters. The van der Waals surface area contributed by atoms with Gasteiger partial charge in [-0.05, 0) is 80.7 Å². The predicted octanol–water partition coefficient (Wildman–Crippen LogP) is 4.44. The normalized spacial score (nSPS) is 43.5. The number of hydrogen-bond donors (Lipinski definition) is 1. The first-order valence-electron chi connectivity index (χ1n) is 12.6. The Morgan fingerprint density at radius 2 is 1.88 bits per heavy atom. The van der Waals surface area contributed by atoms with Gasteiger partial charge in [0, 0.05) is 31.6 Å². The van der Waals surface area contributed by atoms with Gasteiger partial charge in [0.2, 0.25) is 0 Å². The zero-order valence-electron chi connectivity index (χ0n) is 19.9. The van der Waals surface area contributed by atoms with Gasteiger partial charge in [0.25, 0.3) is 0 Å². The van der Waals surface area contributed by atoms with Crippen molar-refractivity contribution >= 4 is 22.0 Å². The van der Waals surface area contributed by atoms with Gasteiger partial charge in [-0.1, -0.05) is 37.2 Å². The third kappa shape index (κ3) is 2.73. The summed E-state index contributed by atoms with van der Waals surface area (Å²) in [6.07, 6.45) is 16.0. The largest absolute Gasteiger partial charge is 0.377 e. The summed E-state index contributed by atoms with van der Waals surface area (Å²) in [4.78, 5) is 11.5. The van der Waals surface area contributed by atoms with Crippen LogP contribution in [-0.2, 0) is 6.42 Å². The Labute approximate surface area is 197 Å². The molecule has 2 heterocycles. The first-order chi connectivity index (χ1) is 15.3. The maximum absolute atomic E-state index is 11.2. The fraction of sp³-hybridized carbons (Fsp3) is 0.741. The lowest BCUT2D eigenvalue weighted by atomic mass is 9.47. The van der Waals surface area contributed by atoms with Crippen LogP contribution in [0.4, 0.5) is 5.13 Å². The summed E-state index contributed by atoms with van der Waals surface area (Å²) in [7, 11) is 2.21. The van der Waals surface area contributed by atoms with Crippen molar-refractivity contribution in [1.82, 2.24) is 9.88 Å². The number of nitrogens with zero attached hydrogens (tertiary/aromatic N) is 3. The van der Waals surface area contributed by atoms with Gasteiger partial charge in [-0.3, -0.25) is 0 Å². The number of allylic oxidation sites excluding steroid dienone is 2. The minimum Gasteiger partial charge on any atom is -0.377 e. The zero-order valence-corrected chi connectivity index (χ0v) is 20.7. The Kier molecular flexibility index (Phi) is 4.69. The molecular formula is C27H37N3OS. The van der Waals surface area contributed by atoms with E-state index in [9.17, 15) is 5.11 Å². The SMILES string of the molecule is C#C[C@]1(O)CC[C@H]2[C@@H]3CC=C4c5sc(N6CCN(C)CC6)nc5CC[C@]4(C)[C@H]3CC[C@@]21C. The third-order valence-electron chi connectivity index (χ3n) is 10.4. The van der Waals surface area contributed by atoms with E-state index in [-0.39, 0.29) is 10.8 Å². The summed E-state index contributed by atoms with van der Waals surface area (Å²) in [5, 5.41) is 12.5. The molecule has 32 heavy (non-hydrogen) atoms. The quantitative estimate of drug-likeness (QED) is 0.641. The first-order valence-corrected chi connectivity index (χ1v) is 13.4. The topological polar surface area (TPSA) is 39.6 Å². The van der Waals surface area contributed by atoms with Crippen LogP contribution < -0.4 is 4.90 Å². The van der Waals surface area contributed by atoms with Crippen LogP contribution in [0.3, 0.4) is 0 Å². The molecule has 6 atom stereocenters. The molecule has 5 heteroatoms. The molecule has 3 fully saturated rings. The number of anilines is 1. The van der Waals surface area contributed by atoms with Gasteiger partial charge in [-0.25, -0.2) is 4.98 Å². The Hall–Kier alpha value is -1.35. The molecule has 1 aromatic heterocycles. The number of piperazine rings is 1. The third-order valence-corrected chi connectivity index (χ3v) is 11.6. The lowest BCUT2D eigenvalue weighted by molar-refractivity contribution is -0.0886. The molecule has 1 saturated heterocycles. The predicted molar refractivity (Wildman–Crippen MR) is 132 cm³/mol. The van der Waals surface area contributed by atoms with Gasteiger partial charge in [-0.15, -0.1) is 6.42 Å². The summed E-state index contributed by atoms with van der Waals surface area (Å²) in [6, 6.07) is 0. The van der Waals surface area contributed by atoms with Crippen LogP contribution in [0, 0.1) is 40.9 Å². The first kappa shape index (κ1) is 21.2. The van der Waals surface area contributed by atoms with E-state index in [0.717, 1.165) is 58.3 Å². The lowest BCUT2D eigenvalue weighted by Gasteiger charge is -2.57. The van der Waals surface area contributed by atoms with Crippen LogP contribution in [0.5, 0.6) is 0 Å². The minimum atomic E-state index is -0.914. The average Bonchev–Trinajstić information content (AvgIpc) is 3.33. The smallest absolute Gasteiger partial charge is 0.186 e. The van der Waals surface area contributed by atoms with E-state index in [1.54, 1.807) is 5.57 Å². The molecule has 1 aliphatic heterocycles. The lowest BCUT2D eigenvalue weighted by Crippen LogP contribution is -2.53. The number of aromatic nitrogens is 1. The molecule has 1 aromatic rings. The Balaban J connectivity index is 1.33. The molecule has 0 spiro atoms. The van der Waals surface area contributed by atoms with E-state index in [0.29, 0.717) is 17.8 Å². The van der Waals surface area contributed by atoms with Crippen molar-refractivity contribution < 1.29 is 5.11 Å². The van der Waals surface area contributed by atoms with Gasteiger partial charge >= 0.3 is 0 Å². The number of aryl methyl sites for hydroxylation is 1. The van der Waals surface area contributed by atoms with E-state index < -0.39 is 5.60 Å². The molecular weight excluding hydrogens is 414 g/mol. The molecule has 4 nitrogen and oxygen atoms in total. The highest BCUT2D eigenvalue weighted by Gasteiger charge is 2.63. The molecule has 0 radical (unpaired) electrons. The molecule has 0 bridgehead atoms. The van der Waals surface area contributed by atoms with Gasteiger partial charge in [0.15, 0.2) is 5.13 Å². The summed E-state index contributed by atoms with van der Waals surface area (Å²) in [6.45, 7) is 9.24. The number of likely N-dealkylation sites (N-methyl/N-ethyl adjacent to an activating group) is 1. The van der Waals surface area contributed by atoms with E-state index in [2.05, 4.69) is 42.7 Å². The van der Waals surface area contributed by atoms with Gasteiger partial charge in [0.05, 0.1) is 10.6 Å². The fourth-order valence-electron chi connectivity index (χ4n) is 8.25. The van der Waals surface area contributed by atoms with Crippen LogP contribution in [0.25, 0.3) is 5.57 Å². The number of aliphatic hydroxyl groups is 1. The van der Waals surface area contributed by atoms with E-state index >= 15 is 0 Å². The maximum atomic E-state index is 11.2. The molecule has 5 aliphatic rings. The second kappa shape index (κ2) is 7.08. The average molecular weight is 452 g/mol. The van der Waals surface area contributed by atoms with Crippen molar-refractivity contribution in [3.8, 4) is 12.3 Å². The van der Waals surface area contributed by atoms with Crippen LogP contribution in [0.1, 0.15) is 62.9 Å². The maximum Gasteiger partial charge on any atom is 0.186 e. The fourth-order valence-corrected chi connectivity index (χ4v) is 9.59. The molecule has 6 rings (SSSR count). The highest BCUT2D eigenvalue weighted by Crippen LogP contribution is 2.68.